The Bertz CT molecular complexity index is 757. The zero-order valence-electron chi connectivity index (χ0n) is 15.0. The standard InChI is InChI=1S/C20H21ClN2O.CH2O2/c21-19-9-5-4-8-18(19)16-22-12-14-23(15-13-22)20(24)11-10-17-6-2-1-3-7-17;2-1-3/h1-11H,12-16H2;1H,(H,2,3)/b11-10+;. The van der Waals surface area contributed by atoms with E-state index in [2.05, 4.69) is 11.0 Å². The van der Waals surface area contributed by atoms with Gasteiger partial charge in [-0.2, -0.15) is 0 Å². The van der Waals surface area contributed by atoms with E-state index in [0.29, 0.717) is 0 Å². The van der Waals surface area contributed by atoms with Gasteiger partial charge in [-0.3, -0.25) is 14.5 Å². The van der Waals surface area contributed by atoms with Gasteiger partial charge in [0.1, 0.15) is 0 Å². The molecule has 0 atom stereocenters. The SMILES string of the molecule is O=C(/C=C/c1ccccc1)N1CCN(Cc2ccccc2Cl)CC1.O=CO. The van der Waals surface area contributed by atoms with Crippen molar-refractivity contribution < 1.29 is 14.7 Å². The molecule has 2 aromatic carbocycles. The van der Waals surface area contributed by atoms with Gasteiger partial charge in [-0.05, 0) is 23.3 Å². The number of hydrogen-bond donors (Lipinski definition) is 1. The highest BCUT2D eigenvalue weighted by Crippen LogP contribution is 2.18. The first kappa shape index (κ1) is 20.7. The van der Waals surface area contributed by atoms with Crippen molar-refractivity contribution in [2.75, 3.05) is 26.2 Å². The molecule has 5 nitrogen and oxygen atoms in total. The van der Waals surface area contributed by atoms with E-state index in [4.69, 9.17) is 21.5 Å². The average molecular weight is 387 g/mol. The van der Waals surface area contributed by atoms with E-state index in [1.807, 2.05) is 59.5 Å². The van der Waals surface area contributed by atoms with Gasteiger partial charge < -0.3 is 10.0 Å². The first-order chi connectivity index (χ1) is 13.1. The van der Waals surface area contributed by atoms with Crippen LogP contribution in [0, 0.1) is 0 Å². The van der Waals surface area contributed by atoms with Gasteiger partial charge in [0.25, 0.3) is 6.47 Å². The molecule has 1 heterocycles. The highest BCUT2D eigenvalue weighted by molar-refractivity contribution is 6.31. The van der Waals surface area contributed by atoms with Crippen LogP contribution < -0.4 is 0 Å². The molecule has 3 rings (SSSR count). The van der Waals surface area contributed by atoms with Crippen molar-refractivity contribution in [1.82, 2.24) is 9.80 Å². The smallest absolute Gasteiger partial charge is 0.290 e. The predicted molar refractivity (Wildman–Crippen MR) is 107 cm³/mol. The van der Waals surface area contributed by atoms with Crippen molar-refractivity contribution in [3.05, 3.63) is 76.8 Å². The Labute approximate surface area is 164 Å². The molecule has 0 unspecified atom stereocenters. The third kappa shape index (κ3) is 6.89. The maximum Gasteiger partial charge on any atom is 0.290 e. The van der Waals surface area contributed by atoms with Crippen LogP contribution in [-0.2, 0) is 16.1 Å². The van der Waals surface area contributed by atoms with Crippen molar-refractivity contribution in [3.8, 4) is 0 Å². The van der Waals surface area contributed by atoms with Crippen molar-refractivity contribution >= 4 is 30.1 Å². The Hall–Kier alpha value is -2.63. The van der Waals surface area contributed by atoms with Crippen molar-refractivity contribution in [2.24, 2.45) is 0 Å². The molecule has 142 valence electrons. The van der Waals surface area contributed by atoms with Gasteiger partial charge in [-0.1, -0.05) is 60.1 Å². The molecule has 0 aromatic heterocycles. The molecule has 1 N–H and O–H groups in total. The number of carboxylic acid groups (broad SMARTS) is 1. The lowest BCUT2D eigenvalue weighted by atomic mass is 10.2. The molecule has 0 radical (unpaired) electrons. The first-order valence-electron chi connectivity index (χ1n) is 8.69. The number of piperazine rings is 1. The molecule has 1 fully saturated rings. The summed E-state index contributed by atoms with van der Waals surface area (Å²) in [7, 11) is 0. The van der Waals surface area contributed by atoms with Gasteiger partial charge in [-0.25, -0.2) is 0 Å². The van der Waals surface area contributed by atoms with Crippen LogP contribution in [0.3, 0.4) is 0 Å². The van der Waals surface area contributed by atoms with Gasteiger partial charge in [-0.15, -0.1) is 0 Å². The minimum Gasteiger partial charge on any atom is -0.483 e. The molecular formula is C21H23ClN2O3. The molecule has 0 bridgehead atoms. The van der Waals surface area contributed by atoms with Gasteiger partial charge in [0.05, 0.1) is 0 Å². The molecule has 0 spiro atoms. The maximum absolute atomic E-state index is 12.3. The van der Waals surface area contributed by atoms with Gasteiger partial charge in [0.2, 0.25) is 5.91 Å². The summed E-state index contributed by atoms with van der Waals surface area (Å²) >= 11 is 6.22. The van der Waals surface area contributed by atoms with Crippen LogP contribution in [0.1, 0.15) is 11.1 Å². The third-order valence-corrected chi connectivity index (χ3v) is 4.62. The number of carbonyl (C=O) groups is 2. The van der Waals surface area contributed by atoms with E-state index in [1.165, 1.54) is 0 Å². The normalized spacial score (nSPS) is 14.5. The Morgan fingerprint density at radius 1 is 1.00 bits per heavy atom. The molecule has 1 amide bonds. The van der Waals surface area contributed by atoms with E-state index in [9.17, 15) is 4.79 Å². The van der Waals surface area contributed by atoms with Crippen LogP contribution in [0.2, 0.25) is 5.02 Å². The van der Waals surface area contributed by atoms with Crippen molar-refractivity contribution in [3.63, 3.8) is 0 Å². The summed E-state index contributed by atoms with van der Waals surface area (Å²) in [5, 5.41) is 7.70. The number of halogens is 1. The summed E-state index contributed by atoms with van der Waals surface area (Å²) in [4.78, 5) is 24.9. The average Bonchev–Trinajstić information content (AvgIpc) is 2.70. The summed E-state index contributed by atoms with van der Waals surface area (Å²) in [6.45, 7) is 3.83. The number of carbonyl (C=O) groups excluding carboxylic acids is 1. The minimum atomic E-state index is -0.250. The second-order valence-electron chi connectivity index (χ2n) is 6.04. The van der Waals surface area contributed by atoms with Crippen LogP contribution in [0.15, 0.2) is 60.7 Å². The Balaban J connectivity index is 0.000000817. The molecule has 6 heteroatoms. The molecule has 1 aliphatic heterocycles. The van der Waals surface area contributed by atoms with Crippen LogP contribution in [0.25, 0.3) is 6.08 Å². The Morgan fingerprint density at radius 3 is 2.22 bits per heavy atom. The monoisotopic (exact) mass is 386 g/mol. The maximum atomic E-state index is 12.3. The van der Waals surface area contributed by atoms with Gasteiger partial charge in [0.15, 0.2) is 0 Å². The number of benzene rings is 2. The second-order valence-corrected chi connectivity index (χ2v) is 6.45. The fourth-order valence-electron chi connectivity index (χ4n) is 2.83. The highest BCUT2D eigenvalue weighted by Gasteiger charge is 2.20. The quantitative estimate of drug-likeness (QED) is 0.646. The third-order valence-electron chi connectivity index (χ3n) is 4.25. The highest BCUT2D eigenvalue weighted by atomic mass is 35.5. The summed E-state index contributed by atoms with van der Waals surface area (Å²) in [5.74, 6) is 0.0799. The summed E-state index contributed by atoms with van der Waals surface area (Å²) in [5.41, 5.74) is 2.19. The van der Waals surface area contributed by atoms with Crippen molar-refractivity contribution in [2.45, 2.75) is 6.54 Å². The Kier molecular flexibility index (Phi) is 8.55. The number of rotatable bonds is 4. The lowest BCUT2D eigenvalue weighted by Gasteiger charge is -2.34. The van der Waals surface area contributed by atoms with E-state index in [0.717, 1.165) is 48.9 Å². The number of nitrogens with zero attached hydrogens (tertiary/aromatic N) is 2. The second kappa shape index (κ2) is 11.2. The topological polar surface area (TPSA) is 60.9 Å². The molecule has 2 aromatic rings. The lowest BCUT2D eigenvalue weighted by molar-refractivity contribution is -0.127. The summed E-state index contributed by atoms with van der Waals surface area (Å²) in [6.07, 6.45) is 3.54. The van der Waals surface area contributed by atoms with Gasteiger partial charge in [0, 0.05) is 43.8 Å². The van der Waals surface area contributed by atoms with Crippen molar-refractivity contribution in [1.29, 1.82) is 0 Å². The number of hydrogen-bond acceptors (Lipinski definition) is 3. The summed E-state index contributed by atoms with van der Waals surface area (Å²) in [6, 6.07) is 17.8. The molecule has 1 aliphatic rings. The molecule has 0 saturated carbocycles. The van der Waals surface area contributed by atoms with E-state index in [-0.39, 0.29) is 12.4 Å². The molecular weight excluding hydrogens is 364 g/mol. The Morgan fingerprint density at radius 2 is 1.59 bits per heavy atom. The molecule has 27 heavy (non-hydrogen) atoms. The van der Waals surface area contributed by atoms with E-state index >= 15 is 0 Å². The predicted octanol–water partition coefficient (Wildman–Crippen LogP) is 3.40. The van der Waals surface area contributed by atoms with Crippen LogP contribution in [0.4, 0.5) is 0 Å². The van der Waals surface area contributed by atoms with E-state index < -0.39 is 0 Å². The molecule has 0 aliphatic carbocycles. The zero-order chi connectivity index (χ0) is 19.5. The fraction of sp³-hybridized carbons (Fsp3) is 0.238. The molecule has 1 saturated heterocycles. The summed E-state index contributed by atoms with van der Waals surface area (Å²) < 4.78 is 0. The first-order valence-corrected chi connectivity index (χ1v) is 9.07. The van der Waals surface area contributed by atoms with Crippen LogP contribution in [0.5, 0.6) is 0 Å². The minimum absolute atomic E-state index is 0.0799. The van der Waals surface area contributed by atoms with Crippen LogP contribution in [-0.4, -0.2) is 53.5 Å². The lowest BCUT2D eigenvalue weighted by Crippen LogP contribution is -2.47. The largest absolute Gasteiger partial charge is 0.483 e. The van der Waals surface area contributed by atoms with Crippen LogP contribution >= 0.6 is 11.6 Å². The van der Waals surface area contributed by atoms with E-state index in [1.54, 1.807) is 6.08 Å². The number of amides is 1. The van der Waals surface area contributed by atoms with Gasteiger partial charge >= 0.3 is 0 Å². The zero-order valence-corrected chi connectivity index (χ0v) is 15.8. The fourth-order valence-corrected chi connectivity index (χ4v) is 3.03.